The van der Waals surface area contributed by atoms with Gasteiger partial charge < -0.3 is 10.6 Å². The Labute approximate surface area is 166 Å². The molecule has 2 aliphatic rings. The highest BCUT2D eigenvalue weighted by Gasteiger charge is 2.33. The van der Waals surface area contributed by atoms with Crippen molar-refractivity contribution in [3.05, 3.63) is 30.1 Å². The van der Waals surface area contributed by atoms with Crippen LogP contribution in [0.1, 0.15) is 25.7 Å². The number of nitrogens with zero attached hydrogens (tertiary/aromatic N) is 1. The molecule has 0 aliphatic carbocycles. The molecule has 6 nitrogen and oxygen atoms in total. The zero-order valence-electron chi connectivity index (χ0n) is 15.2. The van der Waals surface area contributed by atoms with Crippen molar-refractivity contribution >= 4 is 28.3 Å². The molecule has 2 unspecified atom stereocenters. The number of nitrogens with one attached hydrogen (secondary N) is 2. The van der Waals surface area contributed by atoms with Crippen molar-refractivity contribution in [1.29, 1.82) is 0 Å². The van der Waals surface area contributed by atoms with E-state index < -0.39 is 15.8 Å². The van der Waals surface area contributed by atoms with E-state index in [4.69, 9.17) is 0 Å². The molecule has 2 aliphatic heterocycles. The van der Waals surface area contributed by atoms with Crippen LogP contribution in [0.5, 0.6) is 0 Å². The molecule has 152 valence electrons. The average Bonchev–Trinajstić information content (AvgIpc) is 3.15. The van der Waals surface area contributed by atoms with Gasteiger partial charge in [-0.1, -0.05) is 0 Å². The van der Waals surface area contributed by atoms with Crippen molar-refractivity contribution in [3.8, 4) is 0 Å². The monoisotopic (exact) mass is 419 g/mol. The first-order valence-electron chi connectivity index (χ1n) is 9.21. The van der Waals surface area contributed by atoms with Gasteiger partial charge in [-0.15, -0.1) is 12.4 Å². The maximum absolute atomic E-state index is 13.1. The van der Waals surface area contributed by atoms with E-state index >= 15 is 0 Å². The summed E-state index contributed by atoms with van der Waals surface area (Å²) in [7, 11) is -3.70. The van der Waals surface area contributed by atoms with Crippen LogP contribution < -0.4 is 10.6 Å². The number of amides is 1. The molecule has 9 heteroatoms. The second-order valence-corrected chi connectivity index (χ2v) is 9.03. The number of benzene rings is 1. The number of hydrogen-bond acceptors (Lipinski definition) is 4. The third-order valence-electron chi connectivity index (χ3n) is 5.22. The van der Waals surface area contributed by atoms with Gasteiger partial charge in [0.15, 0.2) is 0 Å². The molecule has 2 heterocycles. The maximum Gasteiger partial charge on any atom is 0.243 e. The van der Waals surface area contributed by atoms with Crippen molar-refractivity contribution in [3.63, 3.8) is 0 Å². The van der Waals surface area contributed by atoms with Gasteiger partial charge in [0.1, 0.15) is 5.82 Å². The molecule has 0 bridgehead atoms. The topological polar surface area (TPSA) is 78.5 Å². The van der Waals surface area contributed by atoms with E-state index in [9.17, 15) is 17.6 Å². The Hall–Kier alpha value is -1.22. The van der Waals surface area contributed by atoms with Crippen LogP contribution >= 0.6 is 12.4 Å². The van der Waals surface area contributed by atoms with Gasteiger partial charge in [0, 0.05) is 19.6 Å². The Bertz CT molecular complexity index is 724. The summed E-state index contributed by atoms with van der Waals surface area (Å²) in [6, 6.07) is 4.81. The normalized spacial score (nSPS) is 23.6. The molecule has 2 atom stereocenters. The molecule has 2 fully saturated rings. The molecule has 0 spiro atoms. The number of rotatable bonds is 6. The first kappa shape index (κ1) is 22.1. The smallest absolute Gasteiger partial charge is 0.243 e. The summed E-state index contributed by atoms with van der Waals surface area (Å²) in [6.45, 7) is 3.24. The molecule has 0 saturated carbocycles. The lowest BCUT2D eigenvalue weighted by Gasteiger charge is -2.31. The third-order valence-corrected chi connectivity index (χ3v) is 7.10. The Kier molecular flexibility index (Phi) is 8.03. The highest BCUT2D eigenvalue weighted by Crippen LogP contribution is 2.24. The van der Waals surface area contributed by atoms with Crippen molar-refractivity contribution in [1.82, 2.24) is 14.9 Å². The maximum atomic E-state index is 13.1. The quantitative estimate of drug-likeness (QED) is 0.736. The number of piperidine rings is 1. The van der Waals surface area contributed by atoms with Crippen LogP contribution in [0.4, 0.5) is 4.39 Å². The van der Waals surface area contributed by atoms with Crippen molar-refractivity contribution in [2.24, 2.45) is 11.8 Å². The van der Waals surface area contributed by atoms with Gasteiger partial charge in [-0.25, -0.2) is 12.8 Å². The molecule has 2 N–H and O–H groups in total. The largest absolute Gasteiger partial charge is 0.356 e. The van der Waals surface area contributed by atoms with Crippen LogP contribution in [0.15, 0.2) is 29.2 Å². The average molecular weight is 420 g/mol. The van der Waals surface area contributed by atoms with Crippen LogP contribution in [0.2, 0.25) is 0 Å². The molecule has 27 heavy (non-hydrogen) atoms. The van der Waals surface area contributed by atoms with Crippen LogP contribution in [0, 0.1) is 17.7 Å². The number of halogens is 2. The van der Waals surface area contributed by atoms with E-state index in [2.05, 4.69) is 10.6 Å². The van der Waals surface area contributed by atoms with Crippen molar-refractivity contribution in [2.45, 2.75) is 30.6 Å². The van der Waals surface area contributed by atoms with Gasteiger partial charge in [0.2, 0.25) is 15.9 Å². The molecular weight excluding hydrogens is 393 g/mol. The lowest BCUT2D eigenvalue weighted by Crippen LogP contribution is -2.45. The van der Waals surface area contributed by atoms with E-state index in [0.717, 1.165) is 38.1 Å². The molecule has 0 radical (unpaired) electrons. The number of hydrogen-bond donors (Lipinski definition) is 2. The predicted molar refractivity (Wildman–Crippen MR) is 104 cm³/mol. The first-order chi connectivity index (χ1) is 12.5. The Morgan fingerprint density at radius 2 is 2.00 bits per heavy atom. The SMILES string of the molecule is Cl.O=C(NCCC1CCNC1)C1CCCN(S(=O)(=O)c2ccc(F)cc2)C1. The minimum Gasteiger partial charge on any atom is -0.356 e. The predicted octanol–water partition coefficient (Wildman–Crippen LogP) is 1.76. The van der Waals surface area contributed by atoms with Crippen LogP contribution in [-0.2, 0) is 14.8 Å². The van der Waals surface area contributed by atoms with Gasteiger partial charge in [0.25, 0.3) is 0 Å². The second-order valence-electron chi connectivity index (χ2n) is 7.09. The summed E-state index contributed by atoms with van der Waals surface area (Å²) in [5.74, 6) is -0.273. The molecule has 0 aromatic heterocycles. The summed E-state index contributed by atoms with van der Waals surface area (Å²) < 4.78 is 39.8. The number of carbonyl (C=O) groups excluding carboxylic acids is 1. The second kappa shape index (κ2) is 9.82. The van der Waals surface area contributed by atoms with Gasteiger partial charge in [-0.05, 0) is 69.0 Å². The van der Waals surface area contributed by atoms with Crippen LogP contribution in [0.25, 0.3) is 0 Å². The summed E-state index contributed by atoms with van der Waals surface area (Å²) in [4.78, 5) is 12.5. The van der Waals surface area contributed by atoms with Gasteiger partial charge in [-0.2, -0.15) is 4.31 Å². The van der Waals surface area contributed by atoms with E-state index in [1.165, 1.54) is 16.4 Å². The molecule has 1 amide bonds. The molecule has 1 aromatic rings. The minimum atomic E-state index is -3.70. The van der Waals surface area contributed by atoms with Crippen molar-refractivity contribution in [2.75, 3.05) is 32.7 Å². The fourth-order valence-corrected chi connectivity index (χ4v) is 5.16. The van der Waals surface area contributed by atoms with E-state index in [1.807, 2.05) is 0 Å². The summed E-state index contributed by atoms with van der Waals surface area (Å²) >= 11 is 0. The molecule has 3 rings (SSSR count). The highest BCUT2D eigenvalue weighted by molar-refractivity contribution is 7.89. The van der Waals surface area contributed by atoms with Crippen LogP contribution in [-0.4, -0.2) is 51.4 Å². The summed E-state index contributed by atoms with van der Waals surface area (Å²) in [6.07, 6.45) is 3.42. The minimum absolute atomic E-state index is 0. The molecule has 2 saturated heterocycles. The Morgan fingerprint density at radius 1 is 1.26 bits per heavy atom. The lowest BCUT2D eigenvalue weighted by atomic mass is 9.98. The van der Waals surface area contributed by atoms with E-state index in [1.54, 1.807) is 0 Å². The van der Waals surface area contributed by atoms with Gasteiger partial charge >= 0.3 is 0 Å². The fraction of sp³-hybridized carbons (Fsp3) is 0.611. The fourth-order valence-electron chi connectivity index (χ4n) is 3.64. The lowest BCUT2D eigenvalue weighted by molar-refractivity contribution is -0.126. The zero-order chi connectivity index (χ0) is 18.6. The molecule has 1 aromatic carbocycles. The first-order valence-corrected chi connectivity index (χ1v) is 10.6. The van der Waals surface area contributed by atoms with Crippen LogP contribution in [0.3, 0.4) is 0 Å². The standard InChI is InChI=1S/C18H26FN3O3S.ClH/c19-16-3-5-17(6-4-16)26(24,25)22-11-1-2-15(13-22)18(23)21-10-8-14-7-9-20-12-14;/h3-6,14-15,20H,1-2,7-13H2,(H,21,23);1H. The highest BCUT2D eigenvalue weighted by atomic mass is 35.5. The third kappa shape index (κ3) is 5.63. The van der Waals surface area contributed by atoms with Crippen molar-refractivity contribution < 1.29 is 17.6 Å². The Balaban J connectivity index is 0.00000261. The summed E-state index contributed by atoms with van der Waals surface area (Å²) in [5.41, 5.74) is 0. The van der Waals surface area contributed by atoms with Gasteiger partial charge in [0.05, 0.1) is 10.8 Å². The molecular formula is C18H27ClFN3O3S. The van der Waals surface area contributed by atoms with Gasteiger partial charge in [-0.3, -0.25) is 4.79 Å². The van der Waals surface area contributed by atoms with E-state index in [0.29, 0.717) is 31.8 Å². The Morgan fingerprint density at radius 3 is 2.67 bits per heavy atom. The van der Waals surface area contributed by atoms with E-state index in [-0.39, 0.29) is 35.7 Å². The summed E-state index contributed by atoms with van der Waals surface area (Å²) in [5, 5.41) is 6.27. The number of sulfonamides is 1. The number of carbonyl (C=O) groups is 1. The zero-order valence-corrected chi connectivity index (χ0v) is 16.8.